The van der Waals surface area contributed by atoms with Crippen molar-refractivity contribution < 1.29 is 19.8 Å². The number of thioether (sulfide) groups is 1. The lowest BCUT2D eigenvalue weighted by atomic mass is 9.98. The van der Waals surface area contributed by atoms with Crippen molar-refractivity contribution in [1.29, 1.82) is 0 Å². The van der Waals surface area contributed by atoms with Gasteiger partial charge in [0.25, 0.3) is 0 Å². The maximum atomic E-state index is 11.8. The molecule has 1 aromatic heterocycles. The Morgan fingerprint density at radius 1 is 1.58 bits per heavy atom. The number of aliphatic hydroxyl groups excluding tert-OH is 1. The van der Waals surface area contributed by atoms with Gasteiger partial charge in [-0.15, -0.1) is 11.3 Å². The van der Waals surface area contributed by atoms with Gasteiger partial charge >= 0.3 is 5.97 Å². The summed E-state index contributed by atoms with van der Waals surface area (Å²) in [5, 5.41) is 18.2. The fourth-order valence-electron chi connectivity index (χ4n) is 2.23. The van der Waals surface area contributed by atoms with Crippen molar-refractivity contribution in [2.45, 2.75) is 12.3 Å². The van der Waals surface area contributed by atoms with Crippen molar-refractivity contribution in [2.24, 2.45) is 5.92 Å². The predicted octanol–water partition coefficient (Wildman–Crippen LogP) is 0.728. The van der Waals surface area contributed by atoms with E-state index >= 15 is 0 Å². The fraction of sp³-hybridized carbons (Fsp3) is 0.364. The van der Waals surface area contributed by atoms with Gasteiger partial charge < -0.3 is 10.2 Å². The summed E-state index contributed by atoms with van der Waals surface area (Å²) in [6, 6.07) is 0. The van der Waals surface area contributed by atoms with E-state index in [1.165, 1.54) is 28.0 Å². The molecule has 19 heavy (non-hydrogen) atoms. The molecule has 2 atom stereocenters. The number of nitrogens with zero attached hydrogens (tertiary/aromatic N) is 2. The van der Waals surface area contributed by atoms with E-state index in [0.29, 0.717) is 4.91 Å². The maximum absolute atomic E-state index is 11.8. The molecule has 0 radical (unpaired) electrons. The minimum atomic E-state index is -1.12. The van der Waals surface area contributed by atoms with Crippen LogP contribution in [0.5, 0.6) is 0 Å². The van der Waals surface area contributed by atoms with Crippen LogP contribution in [0.4, 0.5) is 0 Å². The number of fused-ring (bicyclic) bond motifs is 1. The Hall–Kier alpha value is -1.38. The number of carboxylic acid groups (broad SMARTS) is 1. The van der Waals surface area contributed by atoms with Crippen molar-refractivity contribution >= 4 is 39.9 Å². The van der Waals surface area contributed by atoms with Crippen molar-refractivity contribution in [3.63, 3.8) is 0 Å². The minimum absolute atomic E-state index is 0.0112. The average molecular weight is 298 g/mol. The highest BCUT2D eigenvalue weighted by molar-refractivity contribution is 8.09. The van der Waals surface area contributed by atoms with Gasteiger partial charge in [0.15, 0.2) is 0 Å². The third kappa shape index (κ3) is 1.63. The van der Waals surface area contributed by atoms with E-state index in [2.05, 4.69) is 4.98 Å². The Bertz CT molecular complexity index is 610. The maximum Gasteiger partial charge on any atom is 0.353 e. The van der Waals surface area contributed by atoms with E-state index in [4.69, 9.17) is 5.11 Å². The SMILES string of the molecule is Cc1ncsc1C1=C(C(=O)O)N2C(=O)[C@H](CO)[C@H]2S1. The molecule has 1 saturated heterocycles. The molecule has 6 nitrogen and oxygen atoms in total. The number of β-lactam (4-membered cyclic amide) rings is 1. The summed E-state index contributed by atoms with van der Waals surface area (Å²) in [5.74, 6) is -1.96. The molecule has 1 amide bonds. The molecular formula is C11H10N2O4S2. The number of aliphatic hydroxyl groups is 1. The molecule has 0 unspecified atom stereocenters. The third-order valence-corrected chi connectivity index (χ3v) is 5.69. The summed E-state index contributed by atoms with van der Waals surface area (Å²) in [7, 11) is 0. The number of carboxylic acids is 1. The van der Waals surface area contributed by atoms with E-state index < -0.39 is 11.9 Å². The average Bonchev–Trinajstić information content (AvgIpc) is 2.91. The molecule has 8 heteroatoms. The van der Waals surface area contributed by atoms with Gasteiger partial charge in [-0.25, -0.2) is 9.78 Å². The number of rotatable bonds is 3. The summed E-state index contributed by atoms with van der Waals surface area (Å²) >= 11 is 2.68. The van der Waals surface area contributed by atoms with Crippen LogP contribution in [-0.2, 0) is 9.59 Å². The molecule has 0 bridgehead atoms. The second-order valence-corrected chi connectivity index (χ2v) is 6.24. The number of amides is 1. The zero-order chi connectivity index (χ0) is 13.7. The van der Waals surface area contributed by atoms with Gasteiger partial charge in [0.1, 0.15) is 11.1 Å². The van der Waals surface area contributed by atoms with Gasteiger partial charge in [-0.05, 0) is 6.92 Å². The normalized spacial score (nSPS) is 25.6. The minimum Gasteiger partial charge on any atom is -0.477 e. The lowest BCUT2D eigenvalue weighted by Crippen LogP contribution is -2.58. The highest BCUT2D eigenvalue weighted by Gasteiger charge is 2.56. The molecule has 0 spiro atoms. The van der Waals surface area contributed by atoms with Gasteiger partial charge in [-0.2, -0.15) is 0 Å². The van der Waals surface area contributed by atoms with E-state index in [-0.39, 0.29) is 23.6 Å². The van der Waals surface area contributed by atoms with Crippen LogP contribution < -0.4 is 0 Å². The van der Waals surface area contributed by atoms with Crippen LogP contribution in [0.15, 0.2) is 11.2 Å². The summed E-state index contributed by atoms with van der Waals surface area (Å²) in [4.78, 5) is 30.0. The first-order valence-corrected chi connectivity index (χ1v) is 7.30. The molecular weight excluding hydrogens is 288 g/mol. The lowest BCUT2D eigenvalue weighted by molar-refractivity contribution is -0.153. The van der Waals surface area contributed by atoms with E-state index in [0.717, 1.165) is 10.6 Å². The third-order valence-electron chi connectivity index (χ3n) is 3.20. The number of carbonyl (C=O) groups is 2. The Kier molecular flexibility index (Phi) is 2.88. The lowest BCUT2D eigenvalue weighted by Gasteiger charge is -2.41. The largest absolute Gasteiger partial charge is 0.477 e. The van der Waals surface area contributed by atoms with Crippen LogP contribution in [0.1, 0.15) is 10.6 Å². The molecule has 100 valence electrons. The topological polar surface area (TPSA) is 90.7 Å². The van der Waals surface area contributed by atoms with Gasteiger partial charge in [0, 0.05) is 0 Å². The molecule has 0 aromatic carbocycles. The van der Waals surface area contributed by atoms with Crippen molar-refractivity contribution in [3.8, 4) is 0 Å². The fourth-order valence-corrected chi connectivity index (χ4v) is 4.74. The Morgan fingerprint density at radius 3 is 2.84 bits per heavy atom. The highest BCUT2D eigenvalue weighted by Crippen LogP contribution is 2.53. The first-order valence-electron chi connectivity index (χ1n) is 5.55. The molecule has 2 N–H and O–H groups in total. The Labute approximate surface area is 116 Å². The molecule has 1 fully saturated rings. The smallest absolute Gasteiger partial charge is 0.353 e. The molecule has 1 aromatic rings. The summed E-state index contributed by atoms with van der Waals surface area (Å²) in [6.45, 7) is 1.55. The van der Waals surface area contributed by atoms with Gasteiger partial charge in [-0.1, -0.05) is 11.8 Å². The summed E-state index contributed by atoms with van der Waals surface area (Å²) < 4.78 is 0. The number of hydrogen-bond donors (Lipinski definition) is 2. The van der Waals surface area contributed by atoms with Gasteiger partial charge in [0.05, 0.1) is 33.5 Å². The van der Waals surface area contributed by atoms with Crippen LogP contribution in [0.2, 0.25) is 0 Å². The van der Waals surface area contributed by atoms with Crippen LogP contribution in [0, 0.1) is 12.8 Å². The Balaban J connectivity index is 2.07. The number of aromatic nitrogens is 1. The first-order chi connectivity index (χ1) is 9.06. The van der Waals surface area contributed by atoms with Crippen LogP contribution >= 0.6 is 23.1 Å². The molecule has 2 aliphatic rings. The zero-order valence-corrected chi connectivity index (χ0v) is 11.5. The molecule has 3 rings (SSSR count). The summed E-state index contributed by atoms with van der Waals surface area (Å²) in [6.07, 6.45) is 0. The zero-order valence-electron chi connectivity index (χ0n) is 9.86. The molecule has 0 aliphatic carbocycles. The van der Waals surface area contributed by atoms with Gasteiger partial charge in [0.2, 0.25) is 5.91 Å². The standard InChI is InChI=1S/C11H10N2O4S2/c1-4-7(18-3-12-4)8-6(11(16)17)13-9(15)5(2-14)10(13)19-8/h3,5,10,14H,2H2,1H3,(H,16,17)/t5-,10+/m0/s1. The number of thiazole rings is 1. The van der Waals surface area contributed by atoms with E-state index in [9.17, 15) is 14.7 Å². The van der Waals surface area contributed by atoms with Crippen molar-refractivity contribution in [3.05, 3.63) is 21.8 Å². The van der Waals surface area contributed by atoms with Crippen LogP contribution in [-0.4, -0.2) is 44.0 Å². The number of aliphatic carboxylic acids is 1. The second kappa shape index (κ2) is 4.32. The second-order valence-electron chi connectivity index (χ2n) is 4.26. The van der Waals surface area contributed by atoms with Gasteiger partial charge in [-0.3, -0.25) is 9.69 Å². The Morgan fingerprint density at radius 2 is 2.32 bits per heavy atom. The molecule has 2 aliphatic heterocycles. The quantitative estimate of drug-likeness (QED) is 0.799. The van der Waals surface area contributed by atoms with E-state index in [1.807, 2.05) is 0 Å². The molecule has 3 heterocycles. The van der Waals surface area contributed by atoms with Crippen LogP contribution in [0.25, 0.3) is 4.91 Å². The van der Waals surface area contributed by atoms with Crippen molar-refractivity contribution in [1.82, 2.24) is 9.88 Å². The first kappa shape index (κ1) is 12.6. The summed E-state index contributed by atoms with van der Waals surface area (Å²) in [5.41, 5.74) is 2.41. The number of hydrogen-bond acceptors (Lipinski definition) is 6. The molecule has 0 saturated carbocycles. The monoisotopic (exact) mass is 298 g/mol. The van der Waals surface area contributed by atoms with Crippen LogP contribution in [0.3, 0.4) is 0 Å². The number of aryl methyl sites for hydroxylation is 1. The highest BCUT2D eigenvalue weighted by atomic mass is 32.2. The number of carbonyl (C=O) groups excluding carboxylic acids is 1. The van der Waals surface area contributed by atoms with E-state index in [1.54, 1.807) is 12.4 Å². The predicted molar refractivity (Wildman–Crippen MR) is 70.2 cm³/mol. The van der Waals surface area contributed by atoms with Crippen molar-refractivity contribution in [2.75, 3.05) is 6.61 Å².